The van der Waals surface area contributed by atoms with Gasteiger partial charge in [0.1, 0.15) is 0 Å². The average Bonchev–Trinajstić information content (AvgIpc) is 3.31. The number of aromatic nitrogens is 2. The summed E-state index contributed by atoms with van der Waals surface area (Å²) in [5.41, 5.74) is 6.33. The third kappa shape index (κ3) is 2.85. The van der Waals surface area contributed by atoms with E-state index in [1.54, 1.807) is 31.3 Å². The Labute approximate surface area is 161 Å². The van der Waals surface area contributed by atoms with Crippen molar-refractivity contribution < 1.29 is 19.8 Å². The van der Waals surface area contributed by atoms with Crippen molar-refractivity contribution in [3.05, 3.63) is 46.8 Å². The highest BCUT2D eigenvalue weighted by Gasteiger charge is 2.42. The van der Waals surface area contributed by atoms with E-state index in [9.17, 15) is 19.8 Å². The van der Waals surface area contributed by atoms with Crippen molar-refractivity contribution in [1.29, 1.82) is 0 Å². The van der Waals surface area contributed by atoms with Crippen LogP contribution in [0.5, 0.6) is 0 Å². The van der Waals surface area contributed by atoms with Crippen LogP contribution in [0.2, 0.25) is 0 Å². The third-order valence-corrected chi connectivity index (χ3v) is 5.25. The first kappa shape index (κ1) is 18.2. The number of hydrogen-bond acceptors (Lipinski definition) is 5. The number of likely N-dealkylation sites (tertiary alicyclic amines) is 1. The van der Waals surface area contributed by atoms with Gasteiger partial charge in [0.25, 0.3) is 11.8 Å². The average molecular weight is 380 g/mol. The molecule has 0 radical (unpaired) electrons. The maximum absolute atomic E-state index is 12.1. The number of likely N-dealkylation sites (N-methyl/N-ethyl adjacent to an activating group) is 1. The molecule has 1 aliphatic carbocycles. The second kappa shape index (κ2) is 6.48. The summed E-state index contributed by atoms with van der Waals surface area (Å²) in [6.07, 6.45) is 0.584. The number of carbonyl (C=O) groups is 2. The van der Waals surface area contributed by atoms with E-state index in [4.69, 9.17) is 5.73 Å². The fourth-order valence-electron chi connectivity index (χ4n) is 3.73. The van der Waals surface area contributed by atoms with Crippen LogP contribution in [0.3, 0.4) is 0 Å². The maximum atomic E-state index is 12.1. The van der Waals surface area contributed by atoms with Crippen molar-refractivity contribution in [1.82, 2.24) is 14.7 Å². The van der Waals surface area contributed by atoms with Gasteiger partial charge in [0.15, 0.2) is 5.69 Å². The van der Waals surface area contributed by atoms with Gasteiger partial charge in [-0.15, -0.1) is 0 Å². The van der Waals surface area contributed by atoms with Crippen molar-refractivity contribution in [3.8, 4) is 17.5 Å². The van der Waals surface area contributed by atoms with E-state index in [1.165, 1.54) is 9.58 Å². The third-order valence-electron chi connectivity index (χ3n) is 5.25. The summed E-state index contributed by atoms with van der Waals surface area (Å²) in [6, 6.07) is 7.00. The molecule has 0 saturated carbocycles. The number of carbonyl (C=O) groups excluding carboxylic acids is 2. The molecule has 2 aliphatic rings. The van der Waals surface area contributed by atoms with E-state index in [2.05, 4.69) is 16.9 Å². The Kier molecular flexibility index (Phi) is 4.22. The number of aliphatic hydroxyl groups excluding tert-OH is 1. The molecule has 1 aliphatic heterocycles. The molecule has 2 aromatic rings. The van der Waals surface area contributed by atoms with Crippen molar-refractivity contribution in [2.24, 2.45) is 5.73 Å². The minimum Gasteiger partial charge on any atom is -0.387 e. The Morgan fingerprint density at radius 3 is 2.89 bits per heavy atom. The predicted molar refractivity (Wildman–Crippen MR) is 99.4 cm³/mol. The van der Waals surface area contributed by atoms with Gasteiger partial charge < -0.3 is 20.8 Å². The van der Waals surface area contributed by atoms with E-state index in [1.807, 2.05) is 0 Å². The molecular formula is C20H20N4O4. The first-order valence-corrected chi connectivity index (χ1v) is 9.01. The molecule has 1 saturated heterocycles. The summed E-state index contributed by atoms with van der Waals surface area (Å²) in [7, 11) is 1.63. The second-order valence-electron chi connectivity index (χ2n) is 7.18. The summed E-state index contributed by atoms with van der Waals surface area (Å²) in [5, 5.41) is 25.0. The zero-order chi connectivity index (χ0) is 20.1. The van der Waals surface area contributed by atoms with Crippen LogP contribution in [0, 0.1) is 11.8 Å². The lowest BCUT2D eigenvalue weighted by molar-refractivity contribution is -0.137. The van der Waals surface area contributed by atoms with Crippen LogP contribution in [0.25, 0.3) is 5.69 Å². The molecule has 1 aromatic heterocycles. The molecule has 4 rings (SSSR count). The number of aliphatic hydroxyl groups is 2. The zero-order valence-corrected chi connectivity index (χ0v) is 15.3. The van der Waals surface area contributed by atoms with Crippen molar-refractivity contribution >= 4 is 11.8 Å². The van der Waals surface area contributed by atoms with Crippen LogP contribution in [0.1, 0.15) is 46.3 Å². The summed E-state index contributed by atoms with van der Waals surface area (Å²) < 4.78 is 1.52. The quantitative estimate of drug-likeness (QED) is 0.628. The standard InChI is InChI=1S/C20H20N4O4/c1-23-10-9-20(28,19(23)27)8-7-12-3-2-4-13(11-12)24-17-14(5-6-15(17)25)16(22-24)18(21)26/h2-4,11,15,25,28H,5-6,9-10H2,1H3,(H2,21,26)/t15-,20+/m1/s1. The number of hydrogen-bond donors (Lipinski definition) is 3. The van der Waals surface area contributed by atoms with Gasteiger partial charge in [-0.2, -0.15) is 5.10 Å². The lowest BCUT2D eigenvalue weighted by Crippen LogP contribution is -2.37. The number of nitrogens with two attached hydrogens (primary N) is 1. The predicted octanol–water partition coefficient (Wildman–Crippen LogP) is -0.105. The Balaban J connectivity index is 1.72. The van der Waals surface area contributed by atoms with Crippen LogP contribution in [0.4, 0.5) is 0 Å². The Bertz CT molecular complexity index is 1050. The smallest absolute Gasteiger partial charge is 0.269 e. The van der Waals surface area contributed by atoms with Gasteiger partial charge in [-0.25, -0.2) is 4.68 Å². The van der Waals surface area contributed by atoms with Crippen LogP contribution in [-0.4, -0.2) is 55.9 Å². The molecule has 1 fully saturated rings. The van der Waals surface area contributed by atoms with Gasteiger partial charge >= 0.3 is 0 Å². The summed E-state index contributed by atoms with van der Waals surface area (Å²) in [6.45, 7) is 0.456. The molecule has 8 heteroatoms. The number of benzene rings is 1. The number of nitrogens with zero attached hydrogens (tertiary/aromatic N) is 3. The highest BCUT2D eigenvalue weighted by Crippen LogP contribution is 2.35. The summed E-state index contributed by atoms with van der Waals surface area (Å²) in [4.78, 5) is 25.2. The highest BCUT2D eigenvalue weighted by atomic mass is 16.3. The topological polar surface area (TPSA) is 122 Å². The fraction of sp³-hybridized carbons (Fsp3) is 0.350. The number of fused-ring (bicyclic) bond motifs is 1. The van der Waals surface area contributed by atoms with Crippen LogP contribution in [0.15, 0.2) is 24.3 Å². The largest absolute Gasteiger partial charge is 0.387 e. The van der Waals surface area contributed by atoms with Crippen LogP contribution in [-0.2, 0) is 11.2 Å². The van der Waals surface area contributed by atoms with Gasteiger partial charge in [0.2, 0.25) is 5.60 Å². The van der Waals surface area contributed by atoms with Gasteiger partial charge in [0.05, 0.1) is 17.5 Å². The molecule has 2 heterocycles. The molecule has 0 bridgehead atoms. The number of amides is 2. The normalized spacial score (nSPS) is 23.5. The van der Waals surface area contributed by atoms with Crippen LogP contribution < -0.4 is 5.73 Å². The molecule has 144 valence electrons. The lowest BCUT2D eigenvalue weighted by atomic mass is 10.0. The molecule has 0 spiro atoms. The van der Waals surface area contributed by atoms with Crippen molar-refractivity contribution in [2.45, 2.75) is 31.0 Å². The van der Waals surface area contributed by atoms with Gasteiger partial charge in [-0.3, -0.25) is 9.59 Å². The van der Waals surface area contributed by atoms with Gasteiger partial charge in [-0.05, 0) is 31.0 Å². The second-order valence-corrected chi connectivity index (χ2v) is 7.18. The minimum atomic E-state index is -1.67. The molecule has 8 nitrogen and oxygen atoms in total. The molecule has 4 N–H and O–H groups in total. The lowest BCUT2D eigenvalue weighted by Gasteiger charge is -2.13. The van der Waals surface area contributed by atoms with E-state index in [0.717, 1.165) is 0 Å². The molecule has 2 amide bonds. The fourth-order valence-corrected chi connectivity index (χ4v) is 3.73. The van der Waals surface area contributed by atoms with Crippen molar-refractivity contribution in [2.75, 3.05) is 13.6 Å². The maximum Gasteiger partial charge on any atom is 0.269 e. The molecule has 2 atom stereocenters. The minimum absolute atomic E-state index is 0.164. The van der Waals surface area contributed by atoms with Gasteiger partial charge in [-0.1, -0.05) is 17.9 Å². The van der Waals surface area contributed by atoms with E-state index in [-0.39, 0.29) is 12.1 Å². The first-order valence-electron chi connectivity index (χ1n) is 9.01. The molecule has 28 heavy (non-hydrogen) atoms. The number of primary amides is 1. The highest BCUT2D eigenvalue weighted by molar-refractivity contribution is 5.93. The van der Waals surface area contributed by atoms with E-state index < -0.39 is 23.5 Å². The Morgan fingerprint density at radius 2 is 2.21 bits per heavy atom. The first-order chi connectivity index (χ1) is 13.3. The Morgan fingerprint density at radius 1 is 1.43 bits per heavy atom. The van der Waals surface area contributed by atoms with Crippen molar-refractivity contribution in [3.63, 3.8) is 0 Å². The van der Waals surface area contributed by atoms with Gasteiger partial charge in [0, 0.05) is 31.1 Å². The van der Waals surface area contributed by atoms with E-state index in [0.29, 0.717) is 41.9 Å². The SMILES string of the molecule is CN1CC[C@@](O)(C#Cc2cccc(-n3nc(C(N)=O)c4c3[C@H](O)CC4)c2)C1=O. The van der Waals surface area contributed by atoms with E-state index >= 15 is 0 Å². The molecule has 0 unspecified atom stereocenters. The molecular weight excluding hydrogens is 360 g/mol. The van der Waals surface area contributed by atoms with Crippen LogP contribution >= 0.6 is 0 Å². The summed E-state index contributed by atoms with van der Waals surface area (Å²) >= 11 is 0. The summed E-state index contributed by atoms with van der Waals surface area (Å²) in [5.74, 6) is 4.49. The number of rotatable bonds is 2. The Hall–Kier alpha value is -3.15. The molecule has 1 aromatic carbocycles. The monoisotopic (exact) mass is 380 g/mol. The zero-order valence-electron chi connectivity index (χ0n) is 15.3.